The first-order valence-electron chi connectivity index (χ1n) is 8.41. The van der Waals surface area contributed by atoms with Crippen LogP contribution in [0.4, 0.5) is 13.2 Å². The third-order valence-electron chi connectivity index (χ3n) is 3.73. The fourth-order valence-electron chi connectivity index (χ4n) is 2.24. The van der Waals surface area contributed by atoms with Gasteiger partial charge in [-0.15, -0.1) is 13.2 Å². The zero-order chi connectivity index (χ0) is 22.2. The van der Waals surface area contributed by atoms with E-state index in [2.05, 4.69) is 4.74 Å². The van der Waals surface area contributed by atoms with Gasteiger partial charge in [0.15, 0.2) is 0 Å². The molecule has 0 aliphatic heterocycles. The third-order valence-corrected chi connectivity index (χ3v) is 3.73. The van der Waals surface area contributed by atoms with Crippen molar-refractivity contribution in [1.29, 1.82) is 0 Å². The number of aryl methyl sites for hydroxylation is 1. The Balaban J connectivity index is 0.000000749. The highest BCUT2D eigenvalue weighted by molar-refractivity contribution is 7.85. The van der Waals surface area contributed by atoms with Crippen molar-refractivity contribution in [2.24, 2.45) is 11.7 Å². The maximum absolute atomic E-state index is 12.1. The molecule has 0 saturated heterocycles. The summed E-state index contributed by atoms with van der Waals surface area (Å²) in [6.07, 6.45) is -2.56. The van der Waals surface area contributed by atoms with E-state index in [1.807, 2.05) is 24.3 Å². The summed E-state index contributed by atoms with van der Waals surface area (Å²) >= 11 is 0. The van der Waals surface area contributed by atoms with Crippen molar-refractivity contribution in [2.45, 2.75) is 26.1 Å². The number of hydrogen-bond acceptors (Lipinski definition) is 4. The number of halogens is 3. The molecule has 3 N–H and O–H groups in total. The molecule has 0 aromatic heterocycles. The number of amides is 1. The molecule has 2 aromatic rings. The Morgan fingerprint density at radius 1 is 1.07 bits per heavy atom. The molecule has 0 aliphatic carbocycles. The van der Waals surface area contributed by atoms with Gasteiger partial charge in [0.25, 0.3) is 10.1 Å². The minimum atomic E-state index is -4.69. The molecule has 0 heterocycles. The van der Waals surface area contributed by atoms with Crippen LogP contribution in [0.3, 0.4) is 0 Å². The summed E-state index contributed by atoms with van der Waals surface area (Å²) in [6, 6.07) is 13.4. The number of ether oxygens (including phenoxy) is 1. The molecule has 2 rings (SSSR count). The Hall–Kier alpha value is -2.59. The van der Waals surface area contributed by atoms with E-state index in [0.29, 0.717) is 12.7 Å². The van der Waals surface area contributed by atoms with Crippen LogP contribution in [-0.4, -0.2) is 31.5 Å². The number of nitrogens with two attached hydrogens (primary N) is 1. The highest BCUT2D eigenvalue weighted by Gasteiger charge is 2.30. The summed E-state index contributed by atoms with van der Waals surface area (Å²) in [4.78, 5) is 11.0. The van der Waals surface area contributed by atoms with Crippen LogP contribution in [0.2, 0.25) is 0 Å². The van der Waals surface area contributed by atoms with Gasteiger partial charge < -0.3 is 10.5 Å². The van der Waals surface area contributed by atoms with Crippen molar-refractivity contribution in [3.63, 3.8) is 0 Å². The topological polar surface area (TPSA) is 107 Å². The summed E-state index contributed by atoms with van der Waals surface area (Å²) in [5.74, 6) is -0.734. The Kier molecular flexibility index (Phi) is 8.65. The quantitative estimate of drug-likeness (QED) is 0.674. The van der Waals surface area contributed by atoms with E-state index in [4.69, 9.17) is 10.3 Å². The van der Waals surface area contributed by atoms with Crippen LogP contribution >= 0.6 is 0 Å². The lowest BCUT2D eigenvalue weighted by atomic mass is 9.98. The smallest absolute Gasteiger partial charge is 0.406 e. The Morgan fingerprint density at radius 2 is 1.48 bits per heavy atom. The minimum absolute atomic E-state index is 0.175. The second-order valence-corrected chi connectivity index (χ2v) is 7.81. The van der Waals surface area contributed by atoms with Gasteiger partial charge in [-0.2, -0.15) is 8.42 Å². The first-order valence-corrected chi connectivity index (χ1v) is 10.3. The van der Waals surface area contributed by atoms with Crippen LogP contribution in [0.1, 0.15) is 18.9 Å². The normalized spacial score (nSPS) is 12.5. The van der Waals surface area contributed by atoms with Gasteiger partial charge in [-0.05, 0) is 41.7 Å². The number of alkyl halides is 3. The number of hydrogen-bond donors (Lipinski definition) is 2. The van der Waals surface area contributed by atoms with E-state index in [1.54, 1.807) is 19.1 Å². The average molecular weight is 433 g/mol. The van der Waals surface area contributed by atoms with Gasteiger partial charge in [-0.1, -0.05) is 43.3 Å². The lowest BCUT2D eigenvalue weighted by Crippen LogP contribution is -2.20. The predicted molar refractivity (Wildman–Crippen MR) is 103 cm³/mol. The summed E-state index contributed by atoms with van der Waals surface area (Å²) in [7, 11) is -3.67. The molecular formula is C19H22F3NO5S. The molecule has 10 heteroatoms. The second kappa shape index (κ2) is 10.3. The maximum atomic E-state index is 12.1. The Morgan fingerprint density at radius 3 is 1.86 bits per heavy atom. The SMILES string of the molecule is CS(=O)(=O)O.C[C@H](CCc1ccc(-c2ccc(OC(F)(F)F)cc2)cc1)C(N)=O. The Labute approximate surface area is 167 Å². The number of rotatable bonds is 6. The fourth-order valence-corrected chi connectivity index (χ4v) is 2.24. The number of primary amides is 1. The molecule has 1 atom stereocenters. The summed E-state index contributed by atoms with van der Waals surface area (Å²) < 4.78 is 66.1. The van der Waals surface area contributed by atoms with Crippen molar-refractivity contribution >= 4 is 16.0 Å². The van der Waals surface area contributed by atoms with Crippen molar-refractivity contribution in [3.8, 4) is 16.9 Å². The van der Waals surface area contributed by atoms with Crippen LogP contribution in [-0.2, 0) is 21.3 Å². The fraction of sp³-hybridized carbons (Fsp3) is 0.316. The van der Waals surface area contributed by atoms with Crippen LogP contribution in [0.15, 0.2) is 48.5 Å². The molecule has 0 unspecified atom stereocenters. The molecule has 0 fully saturated rings. The van der Waals surface area contributed by atoms with Gasteiger partial charge in [0, 0.05) is 5.92 Å². The van der Waals surface area contributed by atoms with E-state index in [-0.39, 0.29) is 17.6 Å². The first kappa shape index (κ1) is 24.4. The zero-order valence-electron chi connectivity index (χ0n) is 15.8. The van der Waals surface area contributed by atoms with Crippen LogP contribution in [0.5, 0.6) is 5.75 Å². The molecule has 0 aliphatic rings. The molecule has 2 aromatic carbocycles. The summed E-state index contributed by atoms with van der Waals surface area (Å²) in [5.41, 5.74) is 7.99. The number of carbonyl (C=O) groups is 1. The van der Waals surface area contributed by atoms with Gasteiger partial charge in [0.1, 0.15) is 5.75 Å². The standard InChI is InChI=1S/C18H18F3NO2.CH4O3S/c1-12(17(22)23)2-3-13-4-6-14(7-5-13)15-8-10-16(11-9-15)24-18(19,20)21;1-5(2,3)4/h4-12H,2-3H2,1H3,(H2,22,23);1H3,(H,2,3,4)/t12-;/m1./s1. The first-order chi connectivity index (χ1) is 13.2. The van der Waals surface area contributed by atoms with Crippen LogP contribution < -0.4 is 10.5 Å². The molecule has 29 heavy (non-hydrogen) atoms. The lowest BCUT2D eigenvalue weighted by molar-refractivity contribution is -0.274. The number of benzene rings is 2. The molecule has 0 radical (unpaired) electrons. The molecule has 0 saturated carbocycles. The van der Waals surface area contributed by atoms with Gasteiger partial charge >= 0.3 is 6.36 Å². The van der Waals surface area contributed by atoms with Gasteiger partial charge in [-0.25, -0.2) is 0 Å². The van der Waals surface area contributed by atoms with Crippen LogP contribution in [0.25, 0.3) is 11.1 Å². The number of carbonyl (C=O) groups excluding carboxylic acids is 1. The van der Waals surface area contributed by atoms with Crippen molar-refractivity contribution in [2.75, 3.05) is 6.26 Å². The predicted octanol–water partition coefficient (Wildman–Crippen LogP) is 3.81. The summed E-state index contributed by atoms with van der Waals surface area (Å²) in [5, 5.41) is 0. The van der Waals surface area contributed by atoms with Gasteiger partial charge in [0.2, 0.25) is 5.91 Å². The Bertz CT molecular complexity index is 887. The highest BCUT2D eigenvalue weighted by Crippen LogP contribution is 2.26. The van der Waals surface area contributed by atoms with Crippen LogP contribution in [0, 0.1) is 5.92 Å². The van der Waals surface area contributed by atoms with E-state index in [0.717, 1.165) is 23.1 Å². The highest BCUT2D eigenvalue weighted by atomic mass is 32.2. The molecule has 1 amide bonds. The van der Waals surface area contributed by atoms with E-state index in [1.165, 1.54) is 12.1 Å². The van der Waals surface area contributed by atoms with Crippen molar-refractivity contribution in [1.82, 2.24) is 0 Å². The van der Waals surface area contributed by atoms with Crippen molar-refractivity contribution in [3.05, 3.63) is 54.1 Å². The largest absolute Gasteiger partial charge is 0.573 e. The zero-order valence-corrected chi connectivity index (χ0v) is 16.6. The van der Waals surface area contributed by atoms with E-state index < -0.39 is 16.5 Å². The second-order valence-electron chi connectivity index (χ2n) is 6.34. The molecule has 0 bridgehead atoms. The molecule has 160 valence electrons. The monoisotopic (exact) mass is 433 g/mol. The minimum Gasteiger partial charge on any atom is -0.406 e. The van der Waals surface area contributed by atoms with E-state index in [9.17, 15) is 26.4 Å². The van der Waals surface area contributed by atoms with E-state index >= 15 is 0 Å². The maximum Gasteiger partial charge on any atom is 0.573 e. The van der Waals surface area contributed by atoms with Gasteiger partial charge in [0.05, 0.1) is 6.26 Å². The lowest BCUT2D eigenvalue weighted by Gasteiger charge is -2.10. The average Bonchev–Trinajstić information content (AvgIpc) is 2.58. The molecular weight excluding hydrogens is 411 g/mol. The third kappa shape index (κ3) is 11.1. The van der Waals surface area contributed by atoms with Gasteiger partial charge in [-0.3, -0.25) is 9.35 Å². The molecule has 0 spiro atoms. The van der Waals surface area contributed by atoms with Crippen molar-refractivity contribution < 1.29 is 35.7 Å². The summed E-state index contributed by atoms with van der Waals surface area (Å²) in [6.45, 7) is 1.79. The molecule has 6 nitrogen and oxygen atoms in total.